The van der Waals surface area contributed by atoms with E-state index < -0.39 is 0 Å². The largest absolute Gasteiger partial charge is 0.497 e. The van der Waals surface area contributed by atoms with Crippen LogP contribution in [-0.2, 0) is 0 Å². The van der Waals surface area contributed by atoms with E-state index in [-0.39, 0.29) is 17.6 Å². The average molecular weight is 274 g/mol. The zero-order valence-electron chi connectivity index (χ0n) is 12.6. The van der Waals surface area contributed by atoms with Crippen molar-refractivity contribution in [2.45, 2.75) is 32.4 Å². The van der Waals surface area contributed by atoms with E-state index in [9.17, 15) is 4.79 Å². The summed E-state index contributed by atoms with van der Waals surface area (Å²) in [4.78, 5) is 16.3. The summed E-state index contributed by atoms with van der Waals surface area (Å²) in [6.07, 6.45) is 1.83. The zero-order chi connectivity index (χ0) is 14.9. The Morgan fingerprint density at radius 1 is 1.30 bits per heavy atom. The number of urea groups is 1. The number of carbonyl (C=O) groups excluding carboxylic acids is 1. The predicted molar refractivity (Wildman–Crippen MR) is 81.3 cm³/mol. The van der Waals surface area contributed by atoms with Crippen molar-refractivity contribution in [1.29, 1.82) is 0 Å². The highest BCUT2D eigenvalue weighted by atomic mass is 16.5. The molecule has 4 heteroatoms. The highest BCUT2D eigenvalue weighted by Crippen LogP contribution is 2.30. The average Bonchev–Trinajstić information content (AvgIpc) is 2.75. The van der Waals surface area contributed by atoms with E-state index in [1.165, 1.54) is 0 Å². The van der Waals surface area contributed by atoms with Crippen LogP contribution in [0.15, 0.2) is 36.9 Å². The Hall–Kier alpha value is -1.97. The third kappa shape index (κ3) is 2.50. The van der Waals surface area contributed by atoms with Crippen molar-refractivity contribution in [2.24, 2.45) is 0 Å². The second-order valence-electron chi connectivity index (χ2n) is 5.94. The van der Waals surface area contributed by atoms with Crippen molar-refractivity contribution in [3.05, 3.63) is 36.9 Å². The molecule has 1 aromatic rings. The summed E-state index contributed by atoms with van der Waals surface area (Å²) in [5, 5.41) is 0. The SMILES string of the molecule is C=CC1CN(C(C)(C)C)C(=O)N1c1ccc(OC)cc1. The first-order valence-corrected chi connectivity index (χ1v) is 6.76. The first-order chi connectivity index (χ1) is 9.38. The van der Waals surface area contributed by atoms with E-state index in [1.54, 1.807) is 12.0 Å². The molecule has 1 aromatic carbocycles. The number of rotatable bonds is 3. The molecule has 0 saturated carbocycles. The number of anilines is 1. The first kappa shape index (κ1) is 14.4. The number of ether oxygens (including phenoxy) is 1. The lowest BCUT2D eigenvalue weighted by molar-refractivity contribution is 0.172. The maximum atomic E-state index is 12.6. The lowest BCUT2D eigenvalue weighted by Gasteiger charge is -2.31. The fraction of sp³-hybridized carbons (Fsp3) is 0.438. The Morgan fingerprint density at radius 3 is 2.35 bits per heavy atom. The number of amides is 2. The van der Waals surface area contributed by atoms with Gasteiger partial charge < -0.3 is 9.64 Å². The maximum absolute atomic E-state index is 12.6. The minimum Gasteiger partial charge on any atom is -0.497 e. The van der Waals surface area contributed by atoms with Crippen molar-refractivity contribution >= 4 is 11.7 Å². The molecule has 2 rings (SSSR count). The van der Waals surface area contributed by atoms with Gasteiger partial charge in [-0.05, 0) is 45.0 Å². The van der Waals surface area contributed by atoms with Crippen LogP contribution >= 0.6 is 0 Å². The lowest BCUT2D eigenvalue weighted by Crippen LogP contribution is -2.44. The summed E-state index contributed by atoms with van der Waals surface area (Å²) in [6, 6.07) is 7.55. The number of methoxy groups -OCH3 is 1. The van der Waals surface area contributed by atoms with E-state index in [2.05, 4.69) is 6.58 Å². The molecule has 1 fully saturated rings. The van der Waals surface area contributed by atoms with Crippen LogP contribution in [0.25, 0.3) is 0 Å². The van der Waals surface area contributed by atoms with Crippen LogP contribution in [0, 0.1) is 0 Å². The van der Waals surface area contributed by atoms with Crippen LogP contribution < -0.4 is 9.64 Å². The van der Waals surface area contributed by atoms with Crippen molar-refractivity contribution in [1.82, 2.24) is 4.90 Å². The van der Waals surface area contributed by atoms with Gasteiger partial charge in [-0.2, -0.15) is 0 Å². The number of hydrogen-bond acceptors (Lipinski definition) is 2. The van der Waals surface area contributed by atoms with Crippen LogP contribution in [0.1, 0.15) is 20.8 Å². The standard InChI is InChI=1S/C16H22N2O2/c1-6-12-11-17(16(2,3)4)15(19)18(12)13-7-9-14(20-5)10-8-13/h6-10,12H,1,11H2,2-5H3. The molecule has 1 aliphatic rings. The molecule has 20 heavy (non-hydrogen) atoms. The molecule has 4 nitrogen and oxygen atoms in total. The van der Waals surface area contributed by atoms with Gasteiger partial charge in [0.2, 0.25) is 0 Å². The number of benzene rings is 1. The molecule has 1 saturated heterocycles. The number of hydrogen-bond donors (Lipinski definition) is 0. The molecule has 0 spiro atoms. The first-order valence-electron chi connectivity index (χ1n) is 6.76. The quantitative estimate of drug-likeness (QED) is 0.792. The normalized spacial score (nSPS) is 19.4. The minimum atomic E-state index is -0.195. The fourth-order valence-electron chi connectivity index (χ4n) is 2.40. The molecule has 1 atom stereocenters. The Balaban J connectivity index is 2.33. The molecule has 0 radical (unpaired) electrons. The molecule has 2 amide bonds. The maximum Gasteiger partial charge on any atom is 0.325 e. The van der Waals surface area contributed by atoms with E-state index in [1.807, 2.05) is 56.0 Å². The van der Waals surface area contributed by atoms with E-state index in [0.29, 0.717) is 6.54 Å². The monoisotopic (exact) mass is 274 g/mol. The van der Waals surface area contributed by atoms with Gasteiger partial charge in [0.15, 0.2) is 0 Å². The van der Waals surface area contributed by atoms with Crippen LogP contribution in [0.3, 0.4) is 0 Å². The van der Waals surface area contributed by atoms with Crippen molar-refractivity contribution in [2.75, 3.05) is 18.6 Å². The van der Waals surface area contributed by atoms with Gasteiger partial charge in [-0.3, -0.25) is 4.90 Å². The fourth-order valence-corrected chi connectivity index (χ4v) is 2.40. The highest BCUT2D eigenvalue weighted by molar-refractivity contribution is 5.96. The summed E-state index contributed by atoms with van der Waals surface area (Å²) in [5.74, 6) is 0.781. The molecule has 108 valence electrons. The third-order valence-corrected chi connectivity index (χ3v) is 3.57. The predicted octanol–water partition coefficient (Wildman–Crippen LogP) is 3.29. The van der Waals surface area contributed by atoms with E-state index in [0.717, 1.165) is 11.4 Å². The molecular formula is C16H22N2O2. The van der Waals surface area contributed by atoms with Gasteiger partial charge in [0.1, 0.15) is 5.75 Å². The number of carbonyl (C=O) groups is 1. The van der Waals surface area contributed by atoms with Gasteiger partial charge in [-0.15, -0.1) is 6.58 Å². The zero-order valence-corrected chi connectivity index (χ0v) is 12.6. The van der Waals surface area contributed by atoms with Gasteiger partial charge in [0.05, 0.1) is 13.2 Å². The van der Waals surface area contributed by atoms with Crippen molar-refractivity contribution in [3.8, 4) is 5.75 Å². The summed E-state index contributed by atoms with van der Waals surface area (Å²) in [5.41, 5.74) is 0.673. The van der Waals surface area contributed by atoms with Gasteiger partial charge in [-0.1, -0.05) is 6.08 Å². The lowest BCUT2D eigenvalue weighted by atomic mass is 10.1. The Labute approximate surface area is 120 Å². The smallest absolute Gasteiger partial charge is 0.325 e. The van der Waals surface area contributed by atoms with Crippen LogP contribution in [0.5, 0.6) is 5.75 Å². The highest BCUT2D eigenvalue weighted by Gasteiger charge is 2.41. The summed E-state index contributed by atoms with van der Waals surface area (Å²) in [7, 11) is 1.63. The molecular weight excluding hydrogens is 252 g/mol. The van der Waals surface area contributed by atoms with Gasteiger partial charge in [-0.25, -0.2) is 4.79 Å². The van der Waals surface area contributed by atoms with Crippen LogP contribution in [0.4, 0.5) is 10.5 Å². The Bertz CT molecular complexity index is 502. The molecule has 1 aliphatic heterocycles. The Morgan fingerprint density at radius 2 is 1.90 bits per heavy atom. The molecule has 0 N–H and O–H groups in total. The molecule has 1 heterocycles. The molecule has 0 aromatic heterocycles. The topological polar surface area (TPSA) is 32.8 Å². The second-order valence-corrected chi connectivity index (χ2v) is 5.94. The minimum absolute atomic E-state index is 0.00452. The van der Waals surface area contributed by atoms with Gasteiger partial charge >= 0.3 is 6.03 Å². The van der Waals surface area contributed by atoms with Crippen molar-refractivity contribution in [3.63, 3.8) is 0 Å². The third-order valence-electron chi connectivity index (χ3n) is 3.57. The summed E-state index contributed by atoms with van der Waals surface area (Å²) >= 11 is 0. The summed E-state index contributed by atoms with van der Waals surface area (Å²) in [6.45, 7) is 10.7. The van der Waals surface area contributed by atoms with Crippen LogP contribution in [0.2, 0.25) is 0 Å². The van der Waals surface area contributed by atoms with Crippen molar-refractivity contribution < 1.29 is 9.53 Å². The van der Waals surface area contributed by atoms with E-state index in [4.69, 9.17) is 4.74 Å². The van der Waals surface area contributed by atoms with Crippen LogP contribution in [-0.4, -0.2) is 36.2 Å². The Kier molecular flexibility index (Phi) is 3.75. The molecule has 0 aliphatic carbocycles. The second kappa shape index (κ2) is 5.19. The summed E-state index contributed by atoms with van der Waals surface area (Å²) < 4.78 is 5.15. The molecule has 0 bridgehead atoms. The van der Waals surface area contributed by atoms with E-state index >= 15 is 0 Å². The molecule has 1 unspecified atom stereocenters. The van der Waals surface area contributed by atoms with Gasteiger partial charge in [0.25, 0.3) is 0 Å². The number of nitrogens with zero attached hydrogens (tertiary/aromatic N) is 2. The van der Waals surface area contributed by atoms with Gasteiger partial charge in [0, 0.05) is 17.8 Å².